The minimum absolute atomic E-state index is 0.143. The summed E-state index contributed by atoms with van der Waals surface area (Å²) in [5.74, 6) is 0. The number of ether oxygens (including phenoxy) is 1. The largest absolute Gasteiger partial charge is 0.394 e. The van der Waals surface area contributed by atoms with Crippen molar-refractivity contribution in [1.82, 2.24) is 0 Å². The molecule has 2 nitrogen and oxygen atoms in total. The van der Waals surface area contributed by atoms with Gasteiger partial charge in [-0.2, -0.15) is 0 Å². The zero-order valence-corrected chi connectivity index (χ0v) is 17.9. The number of hydrogen-bond acceptors (Lipinski definition) is 2. The van der Waals surface area contributed by atoms with Gasteiger partial charge in [-0.1, -0.05) is 94.0 Å². The Kier molecular flexibility index (Phi) is 12.1. The van der Waals surface area contributed by atoms with Gasteiger partial charge in [-0.05, 0) is 24.8 Å². The first-order chi connectivity index (χ1) is 12.0. The maximum Gasteiger partial charge on any atom is 0.0775 e. The minimum Gasteiger partial charge on any atom is -0.394 e. The number of benzene rings is 1. The lowest BCUT2D eigenvalue weighted by Gasteiger charge is -2.16. The molecule has 0 amide bonds. The van der Waals surface area contributed by atoms with E-state index in [-0.39, 0.29) is 6.61 Å². The molecule has 1 rings (SSSR count). The number of rotatable bonds is 15. The summed E-state index contributed by atoms with van der Waals surface area (Å²) in [7, 11) is -1.14. The molecule has 144 valence electrons. The van der Waals surface area contributed by atoms with Crippen LogP contribution in [-0.4, -0.2) is 33.0 Å². The van der Waals surface area contributed by atoms with Gasteiger partial charge in [0.1, 0.15) is 0 Å². The molecule has 0 aromatic heterocycles. The van der Waals surface area contributed by atoms with Crippen molar-refractivity contribution in [1.29, 1.82) is 0 Å². The maximum absolute atomic E-state index is 8.61. The van der Waals surface area contributed by atoms with Gasteiger partial charge < -0.3 is 9.84 Å². The summed E-state index contributed by atoms with van der Waals surface area (Å²) < 4.78 is 5.27. The fraction of sp³-hybridized carbons (Fsp3) is 0.727. The van der Waals surface area contributed by atoms with Crippen LogP contribution in [0, 0.1) is 0 Å². The quantitative estimate of drug-likeness (QED) is 0.338. The van der Waals surface area contributed by atoms with Gasteiger partial charge in [0.05, 0.1) is 21.3 Å². The predicted octanol–water partition coefficient (Wildman–Crippen LogP) is 5.29. The lowest BCUT2D eigenvalue weighted by atomic mass is 10.0. The van der Waals surface area contributed by atoms with E-state index < -0.39 is 8.07 Å². The van der Waals surface area contributed by atoms with Gasteiger partial charge in [-0.25, -0.2) is 0 Å². The summed E-state index contributed by atoms with van der Waals surface area (Å²) in [5.41, 5.74) is 1.51. The topological polar surface area (TPSA) is 29.5 Å². The van der Waals surface area contributed by atoms with Crippen molar-refractivity contribution in [2.45, 2.75) is 83.8 Å². The number of hydrogen-bond donors (Lipinski definition) is 1. The van der Waals surface area contributed by atoms with Crippen molar-refractivity contribution < 1.29 is 9.84 Å². The molecule has 0 unspecified atom stereocenters. The highest BCUT2D eigenvalue weighted by Crippen LogP contribution is 2.12. The van der Waals surface area contributed by atoms with E-state index in [1.54, 1.807) is 5.19 Å². The van der Waals surface area contributed by atoms with E-state index >= 15 is 0 Å². The highest BCUT2D eigenvalue weighted by atomic mass is 28.3. The van der Waals surface area contributed by atoms with Gasteiger partial charge in [-0.3, -0.25) is 0 Å². The molecule has 0 saturated heterocycles. The fourth-order valence-electron chi connectivity index (χ4n) is 3.11. The van der Waals surface area contributed by atoms with Gasteiger partial charge in [-0.15, -0.1) is 0 Å². The Morgan fingerprint density at radius 3 is 1.76 bits per heavy atom. The first-order valence-electron chi connectivity index (χ1n) is 10.3. The molecule has 0 aliphatic rings. The number of aliphatic hydroxyl groups is 1. The zero-order chi connectivity index (χ0) is 18.4. The lowest BCUT2D eigenvalue weighted by molar-refractivity contribution is 0.0895. The van der Waals surface area contributed by atoms with E-state index in [1.165, 1.54) is 63.4 Å². The van der Waals surface area contributed by atoms with E-state index in [0.717, 1.165) is 13.0 Å². The third-order valence-electron chi connectivity index (χ3n) is 4.81. The van der Waals surface area contributed by atoms with Crippen LogP contribution in [0.1, 0.15) is 63.4 Å². The molecule has 0 spiro atoms. The fourth-order valence-corrected chi connectivity index (χ4v) is 4.28. The van der Waals surface area contributed by atoms with Gasteiger partial charge in [0.2, 0.25) is 0 Å². The van der Waals surface area contributed by atoms with E-state index in [2.05, 4.69) is 43.9 Å². The Labute approximate surface area is 157 Å². The van der Waals surface area contributed by atoms with Crippen LogP contribution in [0.25, 0.3) is 0 Å². The monoisotopic (exact) mass is 364 g/mol. The van der Waals surface area contributed by atoms with Crippen molar-refractivity contribution in [3.05, 3.63) is 29.8 Å². The van der Waals surface area contributed by atoms with Crippen LogP contribution in [0.4, 0.5) is 0 Å². The van der Waals surface area contributed by atoms with Gasteiger partial charge in [0.25, 0.3) is 0 Å². The highest BCUT2D eigenvalue weighted by Gasteiger charge is 2.15. The SMILES string of the molecule is C[Si](C)(C)c1ccc(CCCCCCCCCCCOCCO)cc1. The van der Waals surface area contributed by atoms with Gasteiger partial charge in [0.15, 0.2) is 0 Å². The van der Waals surface area contributed by atoms with Crippen molar-refractivity contribution in [3.63, 3.8) is 0 Å². The molecule has 0 heterocycles. The second-order valence-corrected chi connectivity index (χ2v) is 13.3. The summed E-state index contributed by atoms with van der Waals surface area (Å²) in [6.07, 6.45) is 13.2. The summed E-state index contributed by atoms with van der Waals surface area (Å²) in [5, 5.41) is 10.2. The normalized spacial score (nSPS) is 11.8. The molecule has 0 atom stereocenters. The lowest BCUT2D eigenvalue weighted by Crippen LogP contribution is -2.37. The summed E-state index contributed by atoms with van der Waals surface area (Å²) in [4.78, 5) is 0. The Morgan fingerprint density at radius 1 is 0.720 bits per heavy atom. The molecule has 1 aromatic carbocycles. The van der Waals surface area contributed by atoms with E-state index in [9.17, 15) is 0 Å². The number of aryl methyl sites for hydroxylation is 1. The van der Waals surface area contributed by atoms with Crippen molar-refractivity contribution in [2.75, 3.05) is 19.8 Å². The summed E-state index contributed by atoms with van der Waals surface area (Å²) >= 11 is 0. The van der Waals surface area contributed by atoms with Gasteiger partial charge >= 0.3 is 0 Å². The molecule has 0 radical (unpaired) electrons. The molecule has 25 heavy (non-hydrogen) atoms. The molecular formula is C22H40O2Si. The number of aliphatic hydroxyl groups excluding tert-OH is 1. The molecule has 0 aliphatic carbocycles. The Bertz CT molecular complexity index is 423. The minimum atomic E-state index is -1.14. The van der Waals surface area contributed by atoms with Crippen LogP contribution in [0.3, 0.4) is 0 Å². The average molecular weight is 365 g/mol. The second kappa shape index (κ2) is 13.5. The molecule has 0 aliphatic heterocycles. The highest BCUT2D eigenvalue weighted by molar-refractivity contribution is 6.88. The predicted molar refractivity (Wildman–Crippen MR) is 113 cm³/mol. The number of unbranched alkanes of at least 4 members (excludes halogenated alkanes) is 8. The van der Waals surface area contributed by atoms with Crippen LogP contribution in [-0.2, 0) is 11.2 Å². The van der Waals surface area contributed by atoms with Crippen LogP contribution >= 0.6 is 0 Å². The first kappa shape index (κ1) is 22.4. The summed E-state index contributed by atoms with van der Waals surface area (Å²) in [6.45, 7) is 8.67. The second-order valence-electron chi connectivity index (χ2n) is 8.21. The molecule has 1 aromatic rings. The molecule has 1 N–H and O–H groups in total. The van der Waals surface area contributed by atoms with E-state index in [1.807, 2.05) is 0 Å². The Balaban J connectivity index is 1.92. The molecule has 0 fully saturated rings. The van der Waals surface area contributed by atoms with E-state index in [4.69, 9.17) is 9.84 Å². The summed E-state index contributed by atoms with van der Waals surface area (Å²) in [6, 6.07) is 9.41. The Hall–Kier alpha value is -0.643. The molecule has 3 heteroatoms. The molecular weight excluding hydrogens is 324 g/mol. The van der Waals surface area contributed by atoms with Crippen molar-refractivity contribution in [2.24, 2.45) is 0 Å². The zero-order valence-electron chi connectivity index (χ0n) is 16.9. The van der Waals surface area contributed by atoms with Crippen molar-refractivity contribution >= 4 is 13.3 Å². The first-order valence-corrected chi connectivity index (χ1v) is 13.8. The average Bonchev–Trinajstić information content (AvgIpc) is 2.58. The van der Waals surface area contributed by atoms with Crippen LogP contribution in [0.2, 0.25) is 19.6 Å². The third-order valence-corrected chi connectivity index (χ3v) is 6.88. The third kappa shape index (κ3) is 11.6. The smallest absolute Gasteiger partial charge is 0.0775 e. The standard InChI is InChI=1S/C22H40O2Si/c1-25(2,3)22-16-14-21(15-17-22)13-11-9-7-5-4-6-8-10-12-19-24-20-18-23/h14-17,23H,4-13,18-20H2,1-3H3. The van der Waals surface area contributed by atoms with Crippen LogP contribution < -0.4 is 5.19 Å². The maximum atomic E-state index is 8.61. The molecule has 0 bridgehead atoms. The van der Waals surface area contributed by atoms with E-state index in [0.29, 0.717) is 6.61 Å². The van der Waals surface area contributed by atoms with Crippen LogP contribution in [0.5, 0.6) is 0 Å². The van der Waals surface area contributed by atoms with Gasteiger partial charge in [0, 0.05) is 6.61 Å². The molecule has 0 saturated carbocycles. The van der Waals surface area contributed by atoms with Crippen molar-refractivity contribution in [3.8, 4) is 0 Å². The Morgan fingerprint density at radius 2 is 1.24 bits per heavy atom. The van der Waals surface area contributed by atoms with Crippen LogP contribution in [0.15, 0.2) is 24.3 Å².